The summed E-state index contributed by atoms with van der Waals surface area (Å²) in [7, 11) is 0. The van der Waals surface area contributed by atoms with Gasteiger partial charge in [0.2, 0.25) is 0 Å². The van der Waals surface area contributed by atoms with Gasteiger partial charge in [0.05, 0.1) is 4.08 Å². The third-order valence-electron chi connectivity index (χ3n) is 0.654. The largest absolute Gasteiger partial charge is 0.328 e. The molecule has 0 unspecified atom stereocenters. The smallest absolute Gasteiger partial charge is 0.0795 e. The first-order valence-corrected chi connectivity index (χ1v) is 2.87. The van der Waals surface area contributed by atoms with E-state index in [0.29, 0.717) is 13.1 Å². The summed E-state index contributed by atoms with van der Waals surface area (Å²) in [5.41, 5.74) is 10.4. The third kappa shape index (κ3) is 3.22. The normalized spacial score (nSPS) is 12.0. The van der Waals surface area contributed by atoms with Gasteiger partial charge in [-0.1, -0.05) is 0 Å². The summed E-state index contributed by atoms with van der Waals surface area (Å²) in [5.74, 6) is 0. The second-order valence-corrected chi connectivity index (χ2v) is 3.46. The lowest BCUT2D eigenvalue weighted by Gasteiger charge is -2.15. The maximum Gasteiger partial charge on any atom is 0.0795 e. The van der Waals surface area contributed by atoms with Gasteiger partial charge in [0, 0.05) is 13.1 Å². The first-order valence-electron chi connectivity index (χ1n) is 1.97. The van der Waals surface area contributed by atoms with Gasteiger partial charge in [-0.25, -0.2) is 0 Å². The van der Waals surface area contributed by atoms with E-state index < -0.39 is 4.08 Å². The molecule has 4 heteroatoms. The zero-order valence-electron chi connectivity index (χ0n) is 3.96. The second kappa shape index (κ2) is 2.81. The van der Waals surface area contributed by atoms with Gasteiger partial charge in [-0.2, -0.15) is 25.3 Å². The van der Waals surface area contributed by atoms with Crippen LogP contribution in [0.3, 0.4) is 0 Å². The monoisotopic (exact) mass is 138 g/mol. The zero-order chi connectivity index (χ0) is 5.91. The van der Waals surface area contributed by atoms with Crippen LogP contribution >= 0.6 is 25.3 Å². The highest BCUT2D eigenvalue weighted by Gasteiger charge is 2.13. The molecule has 0 saturated carbocycles. The fourth-order valence-electron chi connectivity index (χ4n) is 0.0833. The zero-order valence-corrected chi connectivity index (χ0v) is 5.75. The van der Waals surface area contributed by atoms with Crippen molar-refractivity contribution in [2.45, 2.75) is 4.08 Å². The Morgan fingerprint density at radius 1 is 1.14 bits per heavy atom. The lowest BCUT2D eigenvalue weighted by molar-refractivity contribution is 0.822. The van der Waals surface area contributed by atoms with Gasteiger partial charge in [0.15, 0.2) is 0 Å². The average molecular weight is 138 g/mol. The molecule has 0 aliphatic heterocycles. The maximum absolute atomic E-state index is 5.18. The molecule has 0 atom stereocenters. The van der Waals surface area contributed by atoms with E-state index in [0.717, 1.165) is 0 Å². The fourth-order valence-corrected chi connectivity index (χ4v) is 0.0833. The van der Waals surface area contributed by atoms with Crippen LogP contribution in [-0.2, 0) is 0 Å². The van der Waals surface area contributed by atoms with Gasteiger partial charge < -0.3 is 11.5 Å². The highest BCUT2D eigenvalue weighted by Crippen LogP contribution is 2.14. The molecule has 0 fully saturated rings. The molecule has 0 amide bonds. The number of hydrogen-bond acceptors (Lipinski definition) is 4. The molecular weight excluding hydrogens is 128 g/mol. The molecule has 0 heterocycles. The van der Waals surface area contributed by atoms with Gasteiger partial charge in [-0.15, -0.1) is 0 Å². The first-order chi connectivity index (χ1) is 3.12. The highest BCUT2D eigenvalue weighted by atomic mass is 32.2. The van der Waals surface area contributed by atoms with Crippen molar-refractivity contribution in [1.29, 1.82) is 0 Å². The molecule has 0 saturated heterocycles. The van der Waals surface area contributed by atoms with Crippen molar-refractivity contribution in [2.75, 3.05) is 13.1 Å². The average Bonchev–Trinajstić information content (AvgIpc) is 1.68. The molecule has 0 bridgehead atoms. The number of thiol groups is 2. The van der Waals surface area contributed by atoms with Crippen LogP contribution in [0.4, 0.5) is 0 Å². The molecule has 7 heavy (non-hydrogen) atoms. The molecule has 0 aromatic heterocycles. The lowest BCUT2D eigenvalue weighted by Crippen LogP contribution is -2.33. The number of hydrogen-bond donors (Lipinski definition) is 4. The molecule has 44 valence electrons. The van der Waals surface area contributed by atoms with Crippen molar-refractivity contribution in [3.05, 3.63) is 0 Å². The van der Waals surface area contributed by atoms with Gasteiger partial charge in [0.25, 0.3) is 0 Å². The predicted octanol–water partition coefficient (Wildman–Crippen LogP) is -0.540. The van der Waals surface area contributed by atoms with Gasteiger partial charge in [-0.05, 0) is 0 Å². The molecule has 0 aliphatic rings. The lowest BCUT2D eigenvalue weighted by atomic mass is 10.4. The van der Waals surface area contributed by atoms with E-state index in [1.165, 1.54) is 0 Å². The summed E-state index contributed by atoms with van der Waals surface area (Å²) in [6.07, 6.45) is 0. The van der Waals surface area contributed by atoms with Crippen molar-refractivity contribution >= 4 is 25.3 Å². The van der Waals surface area contributed by atoms with Crippen molar-refractivity contribution in [3.8, 4) is 0 Å². The molecule has 0 aromatic rings. The Hall–Kier alpha value is 0.620. The van der Waals surface area contributed by atoms with E-state index in [2.05, 4.69) is 25.3 Å². The van der Waals surface area contributed by atoms with Crippen LogP contribution in [0.25, 0.3) is 0 Å². The minimum absolute atomic E-state index is 0.399. The Morgan fingerprint density at radius 2 is 1.43 bits per heavy atom. The van der Waals surface area contributed by atoms with Crippen LogP contribution in [-0.4, -0.2) is 17.2 Å². The van der Waals surface area contributed by atoms with E-state index in [1.54, 1.807) is 0 Å². The Labute approximate surface area is 54.5 Å². The van der Waals surface area contributed by atoms with Gasteiger partial charge in [-0.3, -0.25) is 0 Å². The summed E-state index contributed by atoms with van der Waals surface area (Å²) < 4.78 is -0.472. The van der Waals surface area contributed by atoms with Gasteiger partial charge >= 0.3 is 0 Å². The van der Waals surface area contributed by atoms with E-state index in [1.807, 2.05) is 0 Å². The number of nitrogens with two attached hydrogens (primary N) is 2. The standard InChI is InChI=1S/C3H10N2S2/c4-1-3(6,7)2-5/h6-7H,1-2,4-5H2. The van der Waals surface area contributed by atoms with Crippen LogP contribution in [0.15, 0.2) is 0 Å². The summed E-state index contributed by atoms with van der Waals surface area (Å²) in [6.45, 7) is 0.797. The molecule has 0 rings (SSSR count). The summed E-state index contributed by atoms with van der Waals surface area (Å²) in [5, 5.41) is 0. The Bertz CT molecular complexity index is 48.9. The van der Waals surface area contributed by atoms with Crippen LogP contribution < -0.4 is 11.5 Å². The minimum Gasteiger partial charge on any atom is -0.328 e. The van der Waals surface area contributed by atoms with Gasteiger partial charge in [0.1, 0.15) is 0 Å². The highest BCUT2D eigenvalue weighted by molar-refractivity contribution is 8.00. The summed E-state index contributed by atoms with van der Waals surface area (Å²) in [4.78, 5) is 0. The minimum atomic E-state index is -0.472. The van der Waals surface area contributed by atoms with E-state index in [4.69, 9.17) is 11.5 Å². The molecule has 0 radical (unpaired) electrons. The van der Waals surface area contributed by atoms with Crippen LogP contribution in [0, 0.1) is 0 Å². The van der Waals surface area contributed by atoms with Crippen LogP contribution in [0.2, 0.25) is 0 Å². The quantitative estimate of drug-likeness (QED) is 0.306. The van der Waals surface area contributed by atoms with E-state index in [-0.39, 0.29) is 0 Å². The predicted molar refractivity (Wildman–Crippen MR) is 38.8 cm³/mol. The van der Waals surface area contributed by atoms with Crippen molar-refractivity contribution in [1.82, 2.24) is 0 Å². The van der Waals surface area contributed by atoms with Crippen LogP contribution in [0.5, 0.6) is 0 Å². The Morgan fingerprint density at radius 3 is 1.43 bits per heavy atom. The van der Waals surface area contributed by atoms with E-state index >= 15 is 0 Å². The van der Waals surface area contributed by atoms with Crippen molar-refractivity contribution < 1.29 is 0 Å². The molecule has 4 N–H and O–H groups in total. The third-order valence-corrected chi connectivity index (χ3v) is 1.38. The molecular formula is C3H10N2S2. The Balaban J connectivity index is 3.36. The van der Waals surface area contributed by atoms with E-state index in [9.17, 15) is 0 Å². The van der Waals surface area contributed by atoms with Crippen molar-refractivity contribution in [2.24, 2.45) is 11.5 Å². The maximum atomic E-state index is 5.18. The molecule has 0 aromatic carbocycles. The summed E-state index contributed by atoms with van der Waals surface area (Å²) in [6, 6.07) is 0. The molecule has 0 aliphatic carbocycles. The molecule has 0 spiro atoms. The second-order valence-electron chi connectivity index (χ2n) is 1.39. The summed E-state index contributed by atoms with van der Waals surface area (Å²) >= 11 is 8.00. The van der Waals surface area contributed by atoms with Crippen LogP contribution in [0.1, 0.15) is 0 Å². The topological polar surface area (TPSA) is 52.0 Å². The number of rotatable bonds is 2. The molecule has 2 nitrogen and oxygen atoms in total. The van der Waals surface area contributed by atoms with Crippen molar-refractivity contribution in [3.63, 3.8) is 0 Å². The first kappa shape index (κ1) is 7.62. The fraction of sp³-hybridized carbons (Fsp3) is 1.00. The Kier molecular flexibility index (Phi) is 3.06. The SMILES string of the molecule is NCC(S)(S)CN.